The second-order valence-corrected chi connectivity index (χ2v) is 7.30. The molecule has 1 heterocycles. The molecule has 1 saturated heterocycles. The molecule has 0 atom stereocenters. The fraction of sp³-hybridized carbons (Fsp3) is 0.381. The number of hydrogen-bond acceptors (Lipinski definition) is 4. The average Bonchev–Trinajstić information content (AvgIpc) is 2.65. The molecule has 2 aromatic carbocycles. The Labute approximate surface area is 165 Å². The Morgan fingerprint density at radius 1 is 1.11 bits per heavy atom. The number of halogens is 1. The van der Waals surface area contributed by atoms with Gasteiger partial charge in [0.15, 0.2) is 0 Å². The largest absolute Gasteiger partial charge is 0.496 e. The number of carbonyl (C=O) groups is 1. The highest BCUT2D eigenvalue weighted by atomic mass is 35.5. The van der Waals surface area contributed by atoms with Gasteiger partial charge in [-0.15, -0.1) is 0 Å². The van der Waals surface area contributed by atoms with E-state index in [0.29, 0.717) is 17.3 Å². The van der Waals surface area contributed by atoms with E-state index in [1.807, 2.05) is 24.3 Å². The second-order valence-electron chi connectivity index (χ2n) is 6.90. The van der Waals surface area contributed by atoms with Crippen molar-refractivity contribution in [3.8, 4) is 5.75 Å². The maximum Gasteiger partial charge on any atom is 0.238 e. The zero-order valence-electron chi connectivity index (χ0n) is 15.9. The molecule has 6 heteroatoms. The molecule has 1 N–H and O–H groups in total. The fourth-order valence-electron chi connectivity index (χ4n) is 3.33. The lowest BCUT2D eigenvalue weighted by atomic mass is 10.1. The first kappa shape index (κ1) is 19.7. The van der Waals surface area contributed by atoms with Crippen molar-refractivity contribution >= 4 is 23.2 Å². The van der Waals surface area contributed by atoms with Gasteiger partial charge in [0.25, 0.3) is 0 Å². The standard InChI is InChI=1S/C21H26ClN3O2/c1-16-7-8-20(27-2)17(13-16)14-24-9-11-25(12-10-24)15-21(26)23-19-6-4-3-5-18(19)22/h3-8,13H,9-12,14-15H2,1-2H3,(H,23,26). The number of rotatable bonds is 6. The quantitative estimate of drug-likeness (QED) is 0.825. The van der Waals surface area contributed by atoms with Crippen LogP contribution in [0.4, 0.5) is 5.69 Å². The Bertz CT molecular complexity index is 789. The van der Waals surface area contributed by atoms with Crippen molar-refractivity contribution in [2.24, 2.45) is 0 Å². The van der Waals surface area contributed by atoms with Gasteiger partial charge in [-0.3, -0.25) is 14.6 Å². The summed E-state index contributed by atoms with van der Waals surface area (Å²) < 4.78 is 5.48. The normalized spacial score (nSPS) is 15.5. The molecule has 1 aliphatic heterocycles. The van der Waals surface area contributed by atoms with Crippen molar-refractivity contribution in [1.29, 1.82) is 0 Å². The molecule has 0 aromatic heterocycles. The minimum Gasteiger partial charge on any atom is -0.496 e. The van der Waals surface area contributed by atoms with Crippen molar-refractivity contribution in [1.82, 2.24) is 9.80 Å². The molecule has 0 radical (unpaired) electrons. The first-order chi connectivity index (χ1) is 13.0. The van der Waals surface area contributed by atoms with Crippen LogP contribution in [0.2, 0.25) is 5.02 Å². The number of nitrogens with zero attached hydrogens (tertiary/aromatic N) is 2. The fourth-order valence-corrected chi connectivity index (χ4v) is 3.52. The van der Waals surface area contributed by atoms with Gasteiger partial charge in [-0.1, -0.05) is 41.4 Å². The number of benzene rings is 2. The van der Waals surface area contributed by atoms with Crippen LogP contribution in [-0.4, -0.2) is 55.5 Å². The van der Waals surface area contributed by atoms with Gasteiger partial charge >= 0.3 is 0 Å². The summed E-state index contributed by atoms with van der Waals surface area (Å²) in [6, 6.07) is 13.6. The SMILES string of the molecule is COc1ccc(C)cc1CN1CCN(CC(=O)Nc2ccccc2Cl)CC1. The van der Waals surface area contributed by atoms with Crippen LogP contribution < -0.4 is 10.1 Å². The van der Waals surface area contributed by atoms with Crippen molar-refractivity contribution in [3.63, 3.8) is 0 Å². The highest BCUT2D eigenvalue weighted by Crippen LogP contribution is 2.22. The summed E-state index contributed by atoms with van der Waals surface area (Å²) in [5.74, 6) is 0.902. The third-order valence-electron chi connectivity index (χ3n) is 4.81. The predicted molar refractivity (Wildman–Crippen MR) is 110 cm³/mol. The monoisotopic (exact) mass is 387 g/mol. The zero-order valence-corrected chi connectivity index (χ0v) is 16.6. The van der Waals surface area contributed by atoms with Crippen LogP contribution >= 0.6 is 11.6 Å². The first-order valence-corrected chi connectivity index (χ1v) is 9.55. The van der Waals surface area contributed by atoms with E-state index in [1.54, 1.807) is 13.2 Å². The van der Waals surface area contributed by atoms with Gasteiger partial charge in [0.1, 0.15) is 5.75 Å². The maximum atomic E-state index is 12.3. The van der Waals surface area contributed by atoms with Crippen LogP contribution in [0.1, 0.15) is 11.1 Å². The van der Waals surface area contributed by atoms with E-state index < -0.39 is 0 Å². The lowest BCUT2D eigenvalue weighted by molar-refractivity contribution is -0.117. The predicted octanol–water partition coefficient (Wildman–Crippen LogP) is 3.41. The Hall–Kier alpha value is -2.08. The lowest BCUT2D eigenvalue weighted by Crippen LogP contribution is -2.48. The van der Waals surface area contributed by atoms with Crippen LogP contribution in [0, 0.1) is 6.92 Å². The van der Waals surface area contributed by atoms with E-state index in [4.69, 9.17) is 16.3 Å². The maximum absolute atomic E-state index is 12.3. The summed E-state index contributed by atoms with van der Waals surface area (Å²) in [7, 11) is 1.71. The number of ether oxygens (including phenoxy) is 1. The van der Waals surface area contributed by atoms with Gasteiger partial charge in [0.05, 0.1) is 24.4 Å². The number of hydrogen-bond donors (Lipinski definition) is 1. The topological polar surface area (TPSA) is 44.8 Å². The first-order valence-electron chi connectivity index (χ1n) is 9.18. The minimum absolute atomic E-state index is 0.0306. The van der Waals surface area contributed by atoms with Crippen LogP contribution in [0.3, 0.4) is 0 Å². The molecule has 0 bridgehead atoms. The Balaban J connectivity index is 1.48. The highest BCUT2D eigenvalue weighted by Gasteiger charge is 2.20. The molecule has 0 aliphatic carbocycles. The van der Waals surface area contributed by atoms with Gasteiger partial charge in [0.2, 0.25) is 5.91 Å². The Morgan fingerprint density at radius 3 is 2.52 bits per heavy atom. The van der Waals surface area contributed by atoms with E-state index in [9.17, 15) is 4.79 Å². The van der Waals surface area contributed by atoms with Crippen LogP contribution in [0.5, 0.6) is 5.75 Å². The Kier molecular flexibility index (Phi) is 6.72. The number of nitrogens with one attached hydrogen (secondary N) is 1. The number of anilines is 1. The second kappa shape index (κ2) is 9.22. The molecule has 144 valence electrons. The number of para-hydroxylation sites is 1. The van der Waals surface area contributed by atoms with Gasteiger partial charge in [-0.25, -0.2) is 0 Å². The molecule has 1 fully saturated rings. The zero-order chi connectivity index (χ0) is 19.2. The summed E-state index contributed by atoms with van der Waals surface area (Å²) in [5.41, 5.74) is 3.11. The van der Waals surface area contributed by atoms with Gasteiger partial charge in [0, 0.05) is 38.3 Å². The molecule has 0 saturated carbocycles. The summed E-state index contributed by atoms with van der Waals surface area (Å²) in [6.07, 6.45) is 0. The number of aryl methyl sites for hydroxylation is 1. The lowest BCUT2D eigenvalue weighted by Gasteiger charge is -2.34. The summed E-state index contributed by atoms with van der Waals surface area (Å²) in [6.45, 7) is 6.93. The molecular formula is C21H26ClN3O2. The number of carbonyl (C=O) groups excluding carboxylic acids is 1. The van der Waals surface area contributed by atoms with E-state index in [2.05, 4.69) is 34.2 Å². The van der Waals surface area contributed by atoms with E-state index in [-0.39, 0.29) is 5.91 Å². The van der Waals surface area contributed by atoms with Gasteiger partial charge < -0.3 is 10.1 Å². The molecule has 0 spiro atoms. The van der Waals surface area contributed by atoms with Crippen LogP contribution in [-0.2, 0) is 11.3 Å². The molecule has 0 unspecified atom stereocenters. The van der Waals surface area contributed by atoms with Crippen molar-refractivity contribution in [2.75, 3.05) is 45.2 Å². The summed E-state index contributed by atoms with van der Waals surface area (Å²) in [4.78, 5) is 16.9. The molecule has 2 aromatic rings. The third kappa shape index (κ3) is 5.45. The Morgan fingerprint density at radius 2 is 1.81 bits per heavy atom. The molecule has 27 heavy (non-hydrogen) atoms. The number of methoxy groups -OCH3 is 1. The third-order valence-corrected chi connectivity index (χ3v) is 5.14. The number of piperazine rings is 1. The summed E-state index contributed by atoms with van der Waals surface area (Å²) in [5, 5.41) is 3.45. The highest BCUT2D eigenvalue weighted by molar-refractivity contribution is 6.33. The molecular weight excluding hydrogens is 362 g/mol. The average molecular weight is 388 g/mol. The molecule has 3 rings (SSSR count). The minimum atomic E-state index is -0.0306. The smallest absolute Gasteiger partial charge is 0.238 e. The van der Waals surface area contributed by atoms with Crippen LogP contribution in [0.25, 0.3) is 0 Å². The van der Waals surface area contributed by atoms with Gasteiger partial charge in [-0.2, -0.15) is 0 Å². The van der Waals surface area contributed by atoms with Gasteiger partial charge in [-0.05, 0) is 25.1 Å². The van der Waals surface area contributed by atoms with Crippen molar-refractivity contribution < 1.29 is 9.53 Å². The summed E-state index contributed by atoms with van der Waals surface area (Å²) >= 11 is 6.10. The van der Waals surface area contributed by atoms with E-state index in [1.165, 1.54) is 11.1 Å². The van der Waals surface area contributed by atoms with E-state index >= 15 is 0 Å². The molecule has 1 aliphatic rings. The molecule has 1 amide bonds. The van der Waals surface area contributed by atoms with Crippen molar-refractivity contribution in [3.05, 3.63) is 58.6 Å². The number of amides is 1. The van der Waals surface area contributed by atoms with Crippen LogP contribution in [0.15, 0.2) is 42.5 Å². The van der Waals surface area contributed by atoms with E-state index in [0.717, 1.165) is 38.5 Å². The molecule has 5 nitrogen and oxygen atoms in total. The van der Waals surface area contributed by atoms with Crippen molar-refractivity contribution in [2.45, 2.75) is 13.5 Å².